The number of nitrogens with zero attached hydrogens (tertiary/aromatic N) is 2. The van der Waals surface area contributed by atoms with Crippen LogP contribution in [0.15, 0.2) is 18.3 Å². The molecule has 2 heterocycles. The number of methoxy groups -OCH3 is 1. The molecule has 0 radical (unpaired) electrons. The van der Waals surface area contributed by atoms with Gasteiger partial charge in [-0.15, -0.1) is 0 Å². The molecule has 1 aromatic carbocycles. The highest BCUT2D eigenvalue weighted by Crippen LogP contribution is 2.45. The Balaban J connectivity index is 0.00000149. The molecule has 2 aliphatic rings. The molecule has 1 atom stereocenters. The van der Waals surface area contributed by atoms with E-state index in [0.717, 1.165) is 24.2 Å². The van der Waals surface area contributed by atoms with Gasteiger partial charge in [-0.3, -0.25) is 9.59 Å². The Morgan fingerprint density at radius 2 is 1.91 bits per heavy atom. The largest absolute Gasteiger partial charge is 0.494 e. The Bertz CT molecular complexity index is 1060. The molecule has 1 aliphatic carbocycles. The van der Waals surface area contributed by atoms with Crippen LogP contribution < -0.4 is 9.64 Å². The van der Waals surface area contributed by atoms with Crippen LogP contribution in [0.2, 0.25) is 5.15 Å². The average Bonchev–Trinajstić information content (AvgIpc) is 2.76. The number of carbonyl (C=O) groups excluding carboxylic acids is 2. The maximum Gasteiger partial charge on any atom is 0.323 e. The van der Waals surface area contributed by atoms with E-state index in [2.05, 4.69) is 4.98 Å². The lowest BCUT2D eigenvalue weighted by molar-refractivity contribution is -0.148. The van der Waals surface area contributed by atoms with Crippen LogP contribution in [-0.2, 0) is 20.9 Å². The molecule has 6 nitrogen and oxygen atoms in total. The molecule has 0 bridgehead atoms. The summed E-state index contributed by atoms with van der Waals surface area (Å²) in [6, 6.07) is 2.76. The molecule has 9 heteroatoms. The molecule has 178 valence electrons. The van der Waals surface area contributed by atoms with Crippen molar-refractivity contribution in [2.75, 3.05) is 18.6 Å². The Kier molecular flexibility index (Phi) is 7.89. The number of ether oxygens (including phenoxy) is 2. The van der Waals surface area contributed by atoms with E-state index in [1.54, 1.807) is 6.92 Å². The summed E-state index contributed by atoms with van der Waals surface area (Å²) < 4.78 is 41.0. The minimum Gasteiger partial charge on any atom is -0.494 e. The minimum absolute atomic E-state index is 0.0461. The van der Waals surface area contributed by atoms with Crippen LogP contribution in [0.1, 0.15) is 68.6 Å². The van der Waals surface area contributed by atoms with Gasteiger partial charge in [0.15, 0.2) is 23.3 Å². The average molecular weight is 481 g/mol. The molecule has 1 aliphatic heterocycles. The Morgan fingerprint density at radius 1 is 1.21 bits per heavy atom. The van der Waals surface area contributed by atoms with Gasteiger partial charge in [0.25, 0.3) is 0 Å². The number of carbonyl (C=O) groups is 2. The zero-order chi connectivity index (χ0) is 24.3. The summed E-state index contributed by atoms with van der Waals surface area (Å²) >= 11 is 5.97. The smallest absolute Gasteiger partial charge is 0.323 e. The summed E-state index contributed by atoms with van der Waals surface area (Å²) in [5.41, 5.74) is 0.553. The first-order valence-electron chi connectivity index (χ1n) is 11.1. The van der Waals surface area contributed by atoms with Crippen molar-refractivity contribution in [1.82, 2.24) is 4.98 Å². The summed E-state index contributed by atoms with van der Waals surface area (Å²) in [4.78, 5) is 30.9. The van der Waals surface area contributed by atoms with Gasteiger partial charge < -0.3 is 14.4 Å². The normalized spacial score (nSPS) is 17.5. The fourth-order valence-electron chi connectivity index (χ4n) is 4.07. The number of halogens is 3. The molecule has 33 heavy (non-hydrogen) atoms. The van der Waals surface area contributed by atoms with Crippen LogP contribution in [0.25, 0.3) is 0 Å². The predicted octanol–water partition coefficient (Wildman–Crippen LogP) is 5.51. The molecule has 1 saturated carbocycles. The third-order valence-corrected chi connectivity index (χ3v) is 6.08. The lowest BCUT2D eigenvalue weighted by Gasteiger charge is -2.35. The Morgan fingerprint density at radius 3 is 2.48 bits per heavy atom. The SMILES string of the molecule is CC.CCOC(=O)C1C(=O)N(c2c(F)c(OC)cc(C3CCC3)c2F)Cc2cnc(Cl)cc21. The number of hydrogen-bond acceptors (Lipinski definition) is 5. The summed E-state index contributed by atoms with van der Waals surface area (Å²) in [6.07, 6.45) is 3.89. The number of anilines is 1. The topological polar surface area (TPSA) is 68.7 Å². The van der Waals surface area contributed by atoms with Crippen LogP contribution in [0.3, 0.4) is 0 Å². The number of pyridine rings is 1. The van der Waals surface area contributed by atoms with Crippen molar-refractivity contribution < 1.29 is 27.8 Å². The summed E-state index contributed by atoms with van der Waals surface area (Å²) in [5.74, 6) is -5.04. The molecule has 1 unspecified atom stereocenters. The van der Waals surface area contributed by atoms with Crippen LogP contribution in [0.4, 0.5) is 14.5 Å². The van der Waals surface area contributed by atoms with Crippen molar-refractivity contribution in [2.24, 2.45) is 0 Å². The molecule has 2 aromatic rings. The lowest BCUT2D eigenvalue weighted by Crippen LogP contribution is -2.44. The number of fused-ring (bicyclic) bond motifs is 1. The Hall–Kier alpha value is -2.74. The highest BCUT2D eigenvalue weighted by Gasteiger charge is 2.43. The standard InChI is InChI=1S/C22H21ClF2N2O4.C2H6/c1-3-31-22(29)17-13-8-16(23)26-9-12(13)10-27(21(17)28)20-18(24)14(11-5-4-6-11)7-15(30-2)19(20)25;1-2/h7-9,11,17H,3-6,10H2,1-2H3;1-2H3. The van der Waals surface area contributed by atoms with Crippen LogP contribution in [0.5, 0.6) is 5.75 Å². The van der Waals surface area contributed by atoms with Gasteiger partial charge in [-0.1, -0.05) is 31.9 Å². The molecule has 0 spiro atoms. The Labute approximate surface area is 196 Å². The zero-order valence-corrected chi connectivity index (χ0v) is 19.8. The van der Waals surface area contributed by atoms with E-state index in [4.69, 9.17) is 21.1 Å². The van der Waals surface area contributed by atoms with Gasteiger partial charge in [0.2, 0.25) is 5.91 Å². The number of hydrogen-bond donors (Lipinski definition) is 0. The second-order valence-corrected chi connectivity index (χ2v) is 7.97. The zero-order valence-electron chi connectivity index (χ0n) is 19.1. The first kappa shape index (κ1) is 24.9. The van der Waals surface area contributed by atoms with Crippen LogP contribution in [-0.4, -0.2) is 30.6 Å². The summed E-state index contributed by atoms with van der Waals surface area (Å²) in [6.45, 7) is 5.49. The molecular weight excluding hydrogens is 454 g/mol. The van der Waals surface area contributed by atoms with Crippen molar-refractivity contribution in [3.63, 3.8) is 0 Å². The van der Waals surface area contributed by atoms with E-state index in [1.165, 1.54) is 25.4 Å². The molecule has 1 fully saturated rings. The summed E-state index contributed by atoms with van der Waals surface area (Å²) in [7, 11) is 1.28. The maximum atomic E-state index is 15.6. The van der Waals surface area contributed by atoms with Crippen molar-refractivity contribution in [2.45, 2.75) is 58.4 Å². The number of rotatable bonds is 5. The lowest BCUT2D eigenvalue weighted by atomic mass is 9.79. The first-order chi connectivity index (χ1) is 15.9. The van der Waals surface area contributed by atoms with E-state index in [9.17, 15) is 9.59 Å². The third kappa shape index (κ3) is 4.53. The molecule has 1 aromatic heterocycles. The number of aromatic nitrogens is 1. The van der Waals surface area contributed by atoms with Crippen molar-refractivity contribution in [3.05, 3.63) is 51.8 Å². The minimum atomic E-state index is -1.40. The molecule has 1 amide bonds. The van der Waals surface area contributed by atoms with Gasteiger partial charge in [0, 0.05) is 6.20 Å². The first-order valence-corrected chi connectivity index (χ1v) is 11.4. The van der Waals surface area contributed by atoms with Gasteiger partial charge in [-0.25, -0.2) is 13.8 Å². The summed E-state index contributed by atoms with van der Waals surface area (Å²) in [5, 5.41) is 0.0975. The van der Waals surface area contributed by atoms with Gasteiger partial charge in [-0.05, 0) is 54.5 Å². The molecule has 0 saturated heterocycles. The van der Waals surface area contributed by atoms with Crippen molar-refractivity contribution in [1.29, 1.82) is 0 Å². The van der Waals surface area contributed by atoms with Gasteiger partial charge in [0.1, 0.15) is 10.8 Å². The molecule has 0 N–H and O–H groups in total. The molecule has 4 rings (SSSR count). The van der Waals surface area contributed by atoms with Gasteiger partial charge in [-0.2, -0.15) is 0 Å². The highest BCUT2D eigenvalue weighted by molar-refractivity contribution is 6.29. The van der Waals surface area contributed by atoms with Crippen molar-refractivity contribution >= 4 is 29.2 Å². The highest BCUT2D eigenvalue weighted by atomic mass is 35.5. The van der Waals surface area contributed by atoms with Crippen molar-refractivity contribution in [3.8, 4) is 5.75 Å². The predicted molar refractivity (Wildman–Crippen MR) is 121 cm³/mol. The van der Waals surface area contributed by atoms with E-state index in [1.807, 2.05) is 13.8 Å². The second kappa shape index (κ2) is 10.5. The fourth-order valence-corrected chi connectivity index (χ4v) is 4.24. The van der Waals surface area contributed by atoms with Crippen LogP contribution in [0, 0.1) is 11.6 Å². The van der Waals surface area contributed by atoms with Gasteiger partial charge in [0.05, 0.1) is 20.3 Å². The van der Waals surface area contributed by atoms with E-state index in [-0.39, 0.29) is 30.0 Å². The maximum absolute atomic E-state index is 15.6. The van der Waals surface area contributed by atoms with E-state index in [0.29, 0.717) is 16.7 Å². The fraction of sp³-hybridized carbons (Fsp3) is 0.458. The van der Waals surface area contributed by atoms with E-state index >= 15 is 8.78 Å². The van der Waals surface area contributed by atoms with Crippen LogP contribution >= 0.6 is 11.6 Å². The number of benzene rings is 1. The number of esters is 1. The van der Waals surface area contributed by atoms with Gasteiger partial charge >= 0.3 is 5.97 Å². The second-order valence-electron chi connectivity index (χ2n) is 7.59. The monoisotopic (exact) mass is 480 g/mol. The van der Waals surface area contributed by atoms with E-state index < -0.39 is 35.1 Å². The number of amides is 1. The quantitative estimate of drug-likeness (QED) is 0.320. The third-order valence-electron chi connectivity index (χ3n) is 5.87. The molecular formula is C24H27ClF2N2O4.